The summed E-state index contributed by atoms with van der Waals surface area (Å²) in [5.74, 6) is -1.85. The number of anilines is 1. The van der Waals surface area contributed by atoms with Crippen LogP contribution < -0.4 is 22.1 Å². The van der Waals surface area contributed by atoms with Crippen LogP contribution in [-0.4, -0.2) is 65.5 Å². The van der Waals surface area contributed by atoms with Crippen LogP contribution in [0.2, 0.25) is 0 Å². The molecule has 1 fully saturated rings. The van der Waals surface area contributed by atoms with Crippen molar-refractivity contribution in [3.05, 3.63) is 29.8 Å². The quantitative estimate of drug-likeness (QED) is 0.203. The second kappa shape index (κ2) is 11.0. The first-order valence-electron chi connectivity index (χ1n) is 9.96. The van der Waals surface area contributed by atoms with Gasteiger partial charge < -0.3 is 32.1 Å². The lowest BCUT2D eigenvalue weighted by Crippen LogP contribution is -2.51. The molecule has 1 aromatic carbocycles. The van der Waals surface area contributed by atoms with E-state index in [2.05, 4.69) is 15.6 Å². The molecule has 10 heteroatoms. The van der Waals surface area contributed by atoms with E-state index in [-0.39, 0.29) is 31.4 Å². The first kappa shape index (κ1) is 23.0. The minimum Gasteiger partial charge on any atom is -0.480 e. The van der Waals surface area contributed by atoms with Crippen LogP contribution in [0.4, 0.5) is 5.69 Å². The second-order valence-electron chi connectivity index (χ2n) is 7.31. The van der Waals surface area contributed by atoms with Gasteiger partial charge in [0.2, 0.25) is 11.8 Å². The van der Waals surface area contributed by atoms with E-state index in [0.29, 0.717) is 25.8 Å². The molecule has 30 heavy (non-hydrogen) atoms. The van der Waals surface area contributed by atoms with Crippen molar-refractivity contribution < 1.29 is 19.5 Å². The zero-order chi connectivity index (χ0) is 22.1. The van der Waals surface area contributed by atoms with Crippen LogP contribution >= 0.6 is 0 Å². The van der Waals surface area contributed by atoms with Gasteiger partial charge in [-0.05, 0) is 44.7 Å². The van der Waals surface area contributed by atoms with Gasteiger partial charge in [0, 0.05) is 18.8 Å². The average molecular weight is 418 g/mol. The molecule has 0 saturated carbocycles. The van der Waals surface area contributed by atoms with E-state index in [9.17, 15) is 19.5 Å². The Hall–Kier alpha value is -3.30. The van der Waals surface area contributed by atoms with E-state index in [1.165, 1.54) is 4.90 Å². The van der Waals surface area contributed by atoms with Crippen molar-refractivity contribution in [3.63, 3.8) is 0 Å². The van der Waals surface area contributed by atoms with Crippen LogP contribution in [0.1, 0.15) is 31.2 Å². The van der Waals surface area contributed by atoms with Gasteiger partial charge >= 0.3 is 5.97 Å². The molecule has 0 spiro atoms. The highest BCUT2D eigenvalue weighted by atomic mass is 16.4. The smallest absolute Gasteiger partial charge is 0.326 e. The topological polar surface area (TPSA) is 163 Å². The molecule has 1 heterocycles. The Labute approximate surface area is 175 Å². The Morgan fingerprint density at radius 1 is 1.27 bits per heavy atom. The number of aliphatic carboxylic acids is 1. The van der Waals surface area contributed by atoms with E-state index in [1.807, 2.05) is 31.2 Å². The lowest BCUT2D eigenvalue weighted by Gasteiger charge is -2.26. The lowest BCUT2D eigenvalue weighted by atomic mass is 10.1. The van der Waals surface area contributed by atoms with Gasteiger partial charge in [0.25, 0.3) is 0 Å². The molecule has 0 radical (unpaired) electrons. The zero-order valence-corrected chi connectivity index (χ0v) is 17.1. The fourth-order valence-electron chi connectivity index (χ4n) is 3.32. The van der Waals surface area contributed by atoms with Crippen LogP contribution in [0.25, 0.3) is 0 Å². The molecule has 2 rings (SSSR count). The molecule has 0 aromatic heterocycles. The van der Waals surface area contributed by atoms with Crippen LogP contribution in [-0.2, 0) is 14.4 Å². The molecular weight excluding hydrogens is 388 g/mol. The summed E-state index contributed by atoms with van der Waals surface area (Å²) in [4.78, 5) is 42.1. The van der Waals surface area contributed by atoms with Crippen LogP contribution in [0.3, 0.4) is 0 Å². The lowest BCUT2D eigenvalue weighted by molar-refractivity contribution is -0.143. The van der Waals surface area contributed by atoms with Crippen molar-refractivity contribution in [1.29, 1.82) is 0 Å². The molecule has 10 nitrogen and oxygen atoms in total. The van der Waals surface area contributed by atoms with Crippen molar-refractivity contribution in [2.45, 2.75) is 44.7 Å². The summed E-state index contributed by atoms with van der Waals surface area (Å²) >= 11 is 0. The molecule has 164 valence electrons. The summed E-state index contributed by atoms with van der Waals surface area (Å²) in [6.45, 7) is 2.79. The molecule has 1 saturated heterocycles. The van der Waals surface area contributed by atoms with E-state index in [1.54, 1.807) is 0 Å². The number of nitrogens with one attached hydrogen (secondary N) is 2. The Balaban J connectivity index is 1.89. The van der Waals surface area contributed by atoms with Crippen LogP contribution in [0.5, 0.6) is 0 Å². The normalized spacial score (nSPS) is 16.6. The number of guanidine groups is 1. The van der Waals surface area contributed by atoms with Gasteiger partial charge in [-0.25, -0.2) is 4.79 Å². The summed E-state index contributed by atoms with van der Waals surface area (Å²) in [5, 5.41) is 15.0. The van der Waals surface area contributed by atoms with Gasteiger partial charge in [-0.1, -0.05) is 17.7 Å². The number of benzene rings is 1. The fraction of sp³-hybridized carbons (Fsp3) is 0.500. The number of carboxylic acids is 1. The molecule has 2 amide bonds. The summed E-state index contributed by atoms with van der Waals surface area (Å²) in [7, 11) is 0. The predicted molar refractivity (Wildman–Crippen MR) is 114 cm³/mol. The number of hydrogen-bond acceptors (Lipinski definition) is 5. The fourth-order valence-corrected chi connectivity index (χ4v) is 3.32. The van der Waals surface area contributed by atoms with Gasteiger partial charge in [0.1, 0.15) is 12.1 Å². The molecule has 7 N–H and O–H groups in total. The van der Waals surface area contributed by atoms with Gasteiger partial charge in [0.15, 0.2) is 5.96 Å². The van der Waals surface area contributed by atoms with Crippen molar-refractivity contribution in [3.8, 4) is 0 Å². The first-order chi connectivity index (χ1) is 14.3. The highest BCUT2D eigenvalue weighted by molar-refractivity contribution is 5.92. The Morgan fingerprint density at radius 3 is 2.60 bits per heavy atom. The van der Waals surface area contributed by atoms with Crippen LogP contribution in [0.15, 0.2) is 29.3 Å². The van der Waals surface area contributed by atoms with E-state index >= 15 is 0 Å². The van der Waals surface area contributed by atoms with Crippen molar-refractivity contribution in [1.82, 2.24) is 10.2 Å². The predicted octanol–water partition coefficient (Wildman–Crippen LogP) is 0.0209. The first-order valence-corrected chi connectivity index (χ1v) is 9.96. The molecular formula is C20H30N6O4. The zero-order valence-electron chi connectivity index (χ0n) is 17.1. The highest BCUT2D eigenvalue weighted by Gasteiger charge is 2.35. The van der Waals surface area contributed by atoms with E-state index in [4.69, 9.17) is 11.5 Å². The molecule has 1 unspecified atom stereocenters. The maximum atomic E-state index is 12.7. The summed E-state index contributed by atoms with van der Waals surface area (Å²) < 4.78 is 0. The number of hydrogen-bond donors (Lipinski definition) is 5. The molecule has 1 aromatic rings. The number of carbonyl (C=O) groups excluding carboxylic acids is 2. The molecule has 0 bridgehead atoms. The Morgan fingerprint density at radius 2 is 1.97 bits per heavy atom. The molecule has 1 aliphatic heterocycles. The number of carboxylic acid groups (broad SMARTS) is 1. The number of likely N-dealkylation sites (tertiary alicyclic amines) is 1. The number of carbonyl (C=O) groups is 3. The van der Waals surface area contributed by atoms with Gasteiger partial charge in [-0.15, -0.1) is 0 Å². The highest BCUT2D eigenvalue weighted by Crippen LogP contribution is 2.18. The third-order valence-corrected chi connectivity index (χ3v) is 4.93. The Bertz CT molecular complexity index is 776. The van der Waals surface area contributed by atoms with Gasteiger partial charge in [-0.2, -0.15) is 0 Å². The summed E-state index contributed by atoms with van der Waals surface area (Å²) in [6.07, 6.45) is 1.79. The third kappa shape index (κ3) is 6.94. The Kier molecular flexibility index (Phi) is 8.45. The second-order valence-corrected chi connectivity index (χ2v) is 7.31. The van der Waals surface area contributed by atoms with E-state index < -0.39 is 24.0 Å². The molecule has 0 aliphatic carbocycles. The van der Waals surface area contributed by atoms with E-state index in [0.717, 1.165) is 11.3 Å². The number of aliphatic imine (C=N–C) groups is 1. The summed E-state index contributed by atoms with van der Waals surface area (Å²) in [5.41, 5.74) is 12.4. The van der Waals surface area contributed by atoms with Crippen molar-refractivity contribution >= 4 is 29.4 Å². The standard InChI is InChI=1S/C20H30N6O4/c1-13-6-8-14(9-7-13)24-12-17(27)26-11-3-5-16(26)18(28)25-15(19(29)30)4-2-10-23-20(21)22/h6-9,15-16,24H,2-5,10-12H2,1H3,(H,25,28)(H,29,30)(H4,21,22,23)/t15?,16-/m0/s1. The third-order valence-electron chi connectivity index (χ3n) is 4.93. The molecule has 1 aliphatic rings. The number of nitrogens with zero attached hydrogens (tertiary/aromatic N) is 2. The van der Waals surface area contributed by atoms with Crippen LogP contribution in [0, 0.1) is 6.92 Å². The number of aryl methyl sites for hydroxylation is 1. The monoisotopic (exact) mass is 418 g/mol. The maximum absolute atomic E-state index is 12.7. The SMILES string of the molecule is Cc1ccc(NCC(=O)N2CCC[C@H]2C(=O)NC(CCCN=C(N)N)C(=O)O)cc1. The van der Waals surface area contributed by atoms with Gasteiger partial charge in [0.05, 0.1) is 6.54 Å². The minimum atomic E-state index is -1.13. The number of rotatable bonds is 10. The number of amides is 2. The maximum Gasteiger partial charge on any atom is 0.326 e. The van der Waals surface area contributed by atoms with Crippen molar-refractivity contribution in [2.24, 2.45) is 16.5 Å². The number of nitrogens with two attached hydrogens (primary N) is 2. The van der Waals surface area contributed by atoms with Crippen molar-refractivity contribution in [2.75, 3.05) is 25.0 Å². The minimum absolute atomic E-state index is 0.0632. The largest absolute Gasteiger partial charge is 0.480 e. The van der Waals surface area contributed by atoms with Gasteiger partial charge in [-0.3, -0.25) is 14.6 Å². The molecule has 2 atom stereocenters. The average Bonchev–Trinajstić information content (AvgIpc) is 3.19. The summed E-state index contributed by atoms with van der Waals surface area (Å²) in [6, 6.07) is 5.93.